The minimum absolute atomic E-state index is 0.169. The largest absolute Gasteiger partial charge is 0.497 e. The minimum Gasteiger partial charge on any atom is -0.497 e. The van der Waals surface area contributed by atoms with Crippen molar-refractivity contribution in [2.24, 2.45) is 11.8 Å². The predicted molar refractivity (Wildman–Crippen MR) is 76.8 cm³/mol. The lowest BCUT2D eigenvalue weighted by molar-refractivity contribution is -0.350. The first kappa shape index (κ1) is 15.9. The second-order valence-electron chi connectivity index (χ2n) is 5.35. The summed E-state index contributed by atoms with van der Waals surface area (Å²) in [6.45, 7) is 4.03. The van der Waals surface area contributed by atoms with Crippen molar-refractivity contribution in [3.63, 3.8) is 0 Å². The minimum atomic E-state index is -0.726. The third-order valence-electron chi connectivity index (χ3n) is 3.60. The van der Waals surface area contributed by atoms with Gasteiger partial charge in [-0.05, 0) is 17.7 Å². The van der Waals surface area contributed by atoms with E-state index in [0.29, 0.717) is 13.2 Å². The molecule has 0 spiro atoms. The van der Waals surface area contributed by atoms with E-state index < -0.39 is 6.48 Å². The molecule has 1 heterocycles. The van der Waals surface area contributed by atoms with Gasteiger partial charge in [0.15, 0.2) is 0 Å². The summed E-state index contributed by atoms with van der Waals surface area (Å²) in [6.07, 6.45) is 0.740. The molecule has 0 radical (unpaired) electrons. The van der Waals surface area contributed by atoms with Crippen LogP contribution in [-0.2, 0) is 25.6 Å². The first-order chi connectivity index (χ1) is 10.1. The van der Waals surface area contributed by atoms with E-state index >= 15 is 0 Å². The highest BCUT2D eigenvalue weighted by Gasteiger charge is 2.33. The number of benzene rings is 1. The Balaban J connectivity index is 1.86. The average Bonchev–Trinajstić information content (AvgIpc) is 2.53. The molecule has 5 nitrogen and oxygen atoms in total. The molecule has 0 bridgehead atoms. The van der Waals surface area contributed by atoms with Crippen LogP contribution in [-0.4, -0.2) is 32.6 Å². The Labute approximate surface area is 125 Å². The Morgan fingerprint density at radius 1 is 1.38 bits per heavy atom. The number of carbonyl (C=O) groups excluding carboxylic acids is 1. The molecular weight excluding hydrogens is 272 g/mol. The van der Waals surface area contributed by atoms with Crippen LogP contribution in [0.15, 0.2) is 24.3 Å². The molecule has 1 saturated heterocycles. The summed E-state index contributed by atoms with van der Waals surface area (Å²) >= 11 is 0. The second-order valence-corrected chi connectivity index (χ2v) is 5.35. The smallest absolute Gasteiger partial charge is 0.272 e. The van der Waals surface area contributed by atoms with Crippen molar-refractivity contribution in [3.05, 3.63) is 29.8 Å². The Kier molecular flexibility index (Phi) is 5.73. The van der Waals surface area contributed by atoms with Gasteiger partial charge in [0.25, 0.3) is 6.48 Å². The van der Waals surface area contributed by atoms with Crippen LogP contribution in [0.25, 0.3) is 0 Å². The van der Waals surface area contributed by atoms with Gasteiger partial charge < -0.3 is 23.7 Å². The lowest BCUT2D eigenvalue weighted by atomic mass is 9.94. The van der Waals surface area contributed by atoms with E-state index in [1.54, 1.807) is 7.11 Å². The molecule has 1 aromatic carbocycles. The van der Waals surface area contributed by atoms with E-state index in [-0.39, 0.29) is 17.9 Å². The van der Waals surface area contributed by atoms with E-state index in [1.807, 2.05) is 38.1 Å². The zero-order chi connectivity index (χ0) is 15.2. The first-order valence-electron chi connectivity index (χ1n) is 7.11. The summed E-state index contributed by atoms with van der Waals surface area (Å²) in [5.74, 6) is 0.805. The van der Waals surface area contributed by atoms with Crippen LogP contribution in [0.5, 0.6) is 5.75 Å². The molecule has 0 saturated carbocycles. The van der Waals surface area contributed by atoms with Gasteiger partial charge >= 0.3 is 0 Å². The van der Waals surface area contributed by atoms with Crippen molar-refractivity contribution in [2.45, 2.75) is 33.0 Å². The fourth-order valence-corrected chi connectivity index (χ4v) is 2.32. The number of methoxy groups -OCH3 is 1. The van der Waals surface area contributed by atoms with Crippen molar-refractivity contribution >= 4 is 6.29 Å². The van der Waals surface area contributed by atoms with Gasteiger partial charge in [-0.15, -0.1) is 0 Å². The van der Waals surface area contributed by atoms with Gasteiger partial charge in [-0.3, -0.25) is 0 Å². The fourth-order valence-electron chi connectivity index (χ4n) is 2.32. The molecular formula is C16H22O5. The summed E-state index contributed by atoms with van der Waals surface area (Å²) in [4.78, 5) is 10.9. The molecule has 0 N–H and O–H groups in total. The number of rotatable bonds is 6. The average molecular weight is 294 g/mol. The SMILES string of the molecule is COc1ccc(CO[C@H]2OC[C@H](C)[C@@H]([C@@H](C)C=O)O2)cc1. The van der Waals surface area contributed by atoms with Crippen LogP contribution in [0.2, 0.25) is 0 Å². The highest BCUT2D eigenvalue weighted by Crippen LogP contribution is 2.25. The monoisotopic (exact) mass is 294 g/mol. The molecule has 1 aliphatic heterocycles. The summed E-state index contributed by atoms with van der Waals surface area (Å²) in [5.41, 5.74) is 1.00. The summed E-state index contributed by atoms with van der Waals surface area (Å²) in [5, 5.41) is 0. The number of ether oxygens (including phenoxy) is 4. The fraction of sp³-hybridized carbons (Fsp3) is 0.562. The lowest BCUT2D eigenvalue weighted by Crippen LogP contribution is -2.43. The second kappa shape index (κ2) is 7.54. The van der Waals surface area contributed by atoms with Gasteiger partial charge in [0.1, 0.15) is 12.0 Å². The summed E-state index contributed by atoms with van der Waals surface area (Å²) in [7, 11) is 1.63. The van der Waals surface area contributed by atoms with Crippen LogP contribution in [0, 0.1) is 11.8 Å². The molecule has 21 heavy (non-hydrogen) atoms. The quantitative estimate of drug-likeness (QED) is 0.754. The maximum atomic E-state index is 10.9. The number of carbonyl (C=O) groups is 1. The van der Waals surface area contributed by atoms with Gasteiger partial charge in [-0.1, -0.05) is 26.0 Å². The molecule has 0 unspecified atom stereocenters. The number of aldehydes is 1. The van der Waals surface area contributed by atoms with Crippen LogP contribution >= 0.6 is 0 Å². The van der Waals surface area contributed by atoms with Gasteiger partial charge in [0.2, 0.25) is 0 Å². The number of hydrogen-bond acceptors (Lipinski definition) is 5. The van der Waals surface area contributed by atoms with E-state index in [1.165, 1.54) is 0 Å². The molecule has 1 aliphatic rings. The topological polar surface area (TPSA) is 54.0 Å². The highest BCUT2D eigenvalue weighted by molar-refractivity contribution is 5.53. The van der Waals surface area contributed by atoms with Gasteiger partial charge in [0, 0.05) is 11.8 Å². The van der Waals surface area contributed by atoms with Gasteiger partial charge in [-0.25, -0.2) is 0 Å². The lowest BCUT2D eigenvalue weighted by Gasteiger charge is -2.36. The van der Waals surface area contributed by atoms with Gasteiger partial charge in [-0.2, -0.15) is 0 Å². The molecule has 0 amide bonds. The summed E-state index contributed by atoms with van der Waals surface area (Å²) in [6, 6.07) is 7.60. The highest BCUT2D eigenvalue weighted by atomic mass is 16.9. The normalized spacial score (nSPS) is 27.1. The first-order valence-corrected chi connectivity index (χ1v) is 7.11. The van der Waals surface area contributed by atoms with Crippen LogP contribution in [0.1, 0.15) is 19.4 Å². The standard InChI is InChI=1S/C16H22O5/c1-11(8-17)15-12(2)9-19-16(21-15)20-10-13-4-6-14(18-3)7-5-13/h4-8,11-12,15-16H,9-10H2,1-3H3/t11-,12-,15+,16+/m0/s1. The molecule has 4 atom stereocenters. The van der Waals surface area contributed by atoms with Crippen molar-refractivity contribution in [3.8, 4) is 5.75 Å². The van der Waals surface area contributed by atoms with Crippen molar-refractivity contribution in [1.82, 2.24) is 0 Å². The Hall–Kier alpha value is -1.43. The van der Waals surface area contributed by atoms with Crippen molar-refractivity contribution in [1.29, 1.82) is 0 Å². The van der Waals surface area contributed by atoms with E-state index in [4.69, 9.17) is 18.9 Å². The zero-order valence-electron chi connectivity index (χ0n) is 12.7. The molecule has 1 aromatic rings. The Morgan fingerprint density at radius 2 is 2.10 bits per heavy atom. The maximum Gasteiger partial charge on any atom is 0.272 e. The van der Waals surface area contributed by atoms with Crippen LogP contribution < -0.4 is 4.74 Å². The maximum absolute atomic E-state index is 10.9. The van der Waals surface area contributed by atoms with Crippen molar-refractivity contribution < 1.29 is 23.7 Å². The van der Waals surface area contributed by atoms with Crippen LogP contribution in [0.4, 0.5) is 0 Å². The van der Waals surface area contributed by atoms with E-state index in [2.05, 4.69) is 0 Å². The van der Waals surface area contributed by atoms with Gasteiger partial charge in [0.05, 0.1) is 26.4 Å². The molecule has 0 aromatic heterocycles. The Morgan fingerprint density at radius 3 is 2.71 bits per heavy atom. The predicted octanol–water partition coefficient (Wildman–Crippen LogP) is 2.38. The number of hydrogen-bond donors (Lipinski definition) is 0. The molecule has 1 fully saturated rings. The third-order valence-corrected chi connectivity index (χ3v) is 3.60. The zero-order valence-corrected chi connectivity index (χ0v) is 12.7. The van der Waals surface area contributed by atoms with E-state index in [0.717, 1.165) is 17.6 Å². The molecule has 2 rings (SSSR count). The van der Waals surface area contributed by atoms with Crippen LogP contribution in [0.3, 0.4) is 0 Å². The molecule has 5 heteroatoms. The molecule has 116 valence electrons. The summed E-state index contributed by atoms with van der Waals surface area (Å²) < 4.78 is 21.9. The Bertz CT molecular complexity index is 444. The van der Waals surface area contributed by atoms with Crippen molar-refractivity contribution in [2.75, 3.05) is 13.7 Å². The third kappa shape index (κ3) is 4.27. The van der Waals surface area contributed by atoms with E-state index in [9.17, 15) is 4.79 Å². The molecule has 0 aliphatic carbocycles.